The summed E-state index contributed by atoms with van der Waals surface area (Å²) in [6.07, 6.45) is 13.6. The van der Waals surface area contributed by atoms with Gasteiger partial charge < -0.3 is 5.11 Å². The van der Waals surface area contributed by atoms with Crippen molar-refractivity contribution in [2.45, 2.75) is 105 Å². The van der Waals surface area contributed by atoms with Crippen molar-refractivity contribution in [3.05, 3.63) is 11.6 Å². The molecule has 0 aliphatic heterocycles. The summed E-state index contributed by atoms with van der Waals surface area (Å²) in [5.41, 5.74) is 1.77. The minimum Gasteiger partial charge on any atom is -0.393 e. The van der Waals surface area contributed by atoms with Gasteiger partial charge >= 0.3 is 0 Å². The molecule has 2 heteroatoms. The van der Waals surface area contributed by atoms with Crippen LogP contribution in [0.25, 0.3) is 0 Å². The Morgan fingerprint density at radius 2 is 1.79 bits per heavy atom. The van der Waals surface area contributed by atoms with Gasteiger partial charge in [-0.15, -0.1) is 0 Å². The van der Waals surface area contributed by atoms with Crippen LogP contribution in [0.4, 0.5) is 0 Å². The number of aliphatic hydroxyl groups excluding tert-OH is 1. The molecule has 1 N–H and O–H groups in total. The van der Waals surface area contributed by atoms with Crippen LogP contribution in [0.1, 0.15) is 98.8 Å². The predicted molar refractivity (Wildman–Crippen MR) is 119 cm³/mol. The third-order valence-corrected chi connectivity index (χ3v) is 10.1. The van der Waals surface area contributed by atoms with E-state index in [4.69, 9.17) is 0 Å². The fraction of sp³-hybridized carbons (Fsp3) is 0.889. The zero-order valence-electron chi connectivity index (χ0n) is 19.5. The highest BCUT2D eigenvalue weighted by molar-refractivity contribution is 5.94. The number of ketones is 1. The van der Waals surface area contributed by atoms with E-state index >= 15 is 0 Å². The van der Waals surface area contributed by atoms with Gasteiger partial charge in [-0.05, 0) is 91.4 Å². The maximum Gasteiger partial charge on any atom is 0.159 e. The lowest BCUT2D eigenvalue weighted by molar-refractivity contribution is -0.135. The summed E-state index contributed by atoms with van der Waals surface area (Å²) in [6, 6.07) is 0. The number of aliphatic hydroxyl groups is 1. The zero-order chi connectivity index (χ0) is 21.0. The minimum absolute atomic E-state index is 0.153. The first-order chi connectivity index (χ1) is 13.7. The standard InChI is InChI=1S/C27H44O2/c1-17(2)7-6-8-18(3)21-9-10-22-25-23(12-14-27(21,22)5)26(4)13-11-20(28)15-19(26)16-24(25)29/h16-18,20-23,25,28H,6-15H2,1-5H3/t18-,20+,21-,22+,23+,25+,26+,27-/m1/s1/i28+1. The Hall–Kier alpha value is -0.630. The van der Waals surface area contributed by atoms with Crippen molar-refractivity contribution in [3.8, 4) is 0 Å². The molecule has 3 fully saturated rings. The highest BCUT2D eigenvalue weighted by Gasteiger charge is 2.61. The molecule has 8 atom stereocenters. The first-order valence-electron chi connectivity index (χ1n) is 12.6. The van der Waals surface area contributed by atoms with Crippen molar-refractivity contribution in [2.75, 3.05) is 0 Å². The van der Waals surface area contributed by atoms with E-state index in [1.54, 1.807) is 0 Å². The van der Waals surface area contributed by atoms with E-state index in [2.05, 4.69) is 34.6 Å². The lowest BCUT2D eigenvalue weighted by atomic mass is 9.46. The molecule has 4 rings (SSSR count). The second-order valence-corrected chi connectivity index (χ2v) is 12.2. The Bertz CT molecular complexity index is 663. The summed E-state index contributed by atoms with van der Waals surface area (Å²) in [6.45, 7) is 12.1. The number of rotatable bonds is 5. The predicted octanol–water partition coefficient (Wildman–Crippen LogP) is 6.57. The van der Waals surface area contributed by atoms with Crippen molar-refractivity contribution < 1.29 is 9.90 Å². The Labute approximate surface area is 178 Å². The molecule has 0 amide bonds. The van der Waals surface area contributed by atoms with E-state index in [0.717, 1.165) is 37.0 Å². The second-order valence-electron chi connectivity index (χ2n) is 12.2. The fourth-order valence-electron chi connectivity index (χ4n) is 8.41. The molecule has 0 spiro atoms. The number of carbonyl (C=O) groups excluding carboxylic acids is 1. The van der Waals surface area contributed by atoms with Crippen LogP contribution < -0.4 is 0 Å². The fourth-order valence-corrected chi connectivity index (χ4v) is 8.41. The van der Waals surface area contributed by atoms with Gasteiger partial charge in [0.25, 0.3) is 0 Å². The molecule has 0 unspecified atom stereocenters. The van der Waals surface area contributed by atoms with Gasteiger partial charge in [0.2, 0.25) is 0 Å². The summed E-state index contributed by atoms with van der Waals surface area (Å²) in [5, 5.41) is 10.2. The van der Waals surface area contributed by atoms with Gasteiger partial charge in [0, 0.05) is 5.92 Å². The van der Waals surface area contributed by atoms with Crippen LogP contribution in [0.2, 0.25) is 0 Å². The van der Waals surface area contributed by atoms with E-state index in [-0.39, 0.29) is 17.4 Å². The molecule has 0 saturated heterocycles. The van der Waals surface area contributed by atoms with Crippen molar-refractivity contribution in [2.24, 2.45) is 46.3 Å². The second kappa shape index (κ2) is 7.81. The topological polar surface area (TPSA) is 37.3 Å². The van der Waals surface area contributed by atoms with E-state index in [1.807, 2.05) is 6.08 Å². The molecule has 29 heavy (non-hydrogen) atoms. The average molecular weight is 402 g/mol. The number of fused-ring (bicyclic) bond motifs is 5. The molecule has 0 aromatic heterocycles. The number of allylic oxidation sites excluding steroid dienone is 1. The summed E-state index contributed by atoms with van der Waals surface area (Å²) in [4.78, 5) is 13.4. The third-order valence-electron chi connectivity index (χ3n) is 10.1. The van der Waals surface area contributed by atoms with Crippen LogP contribution in [-0.4, -0.2) is 17.0 Å². The first kappa shape index (κ1) is 21.6. The van der Waals surface area contributed by atoms with Crippen molar-refractivity contribution in [1.82, 2.24) is 0 Å². The number of carbonyl (C=O) groups is 1. The van der Waals surface area contributed by atoms with Crippen molar-refractivity contribution in [1.29, 1.82) is 0 Å². The number of hydrogen-bond acceptors (Lipinski definition) is 2. The van der Waals surface area contributed by atoms with Crippen LogP contribution >= 0.6 is 0 Å². The molecule has 3 saturated carbocycles. The van der Waals surface area contributed by atoms with Gasteiger partial charge in [-0.25, -0.2) is 0 Å². The van der Waals surface area contributed by atoms with Crippen molar-refractivity contribution in [3.63, 3.8) is 0 Å². The van der Waals surface area contributed by atoms with Crippen LogP contribution in [0, 0.1) is 46.3 Å². The molecule has 0 bridgehead atoms. The van der Waals surface area contributed by atoms with Gasteiger partial charge in [-0.1, -0.05) is 59.5 Å². The molecule has 0 aromatic rings. The smallest absolute Gasteiger partial charge is 0.159 e. The summed E-state index contributed by atoms with van der Waals surface area (Å²) in [5.74, 6) is 4.11. The lowest BCUT2D eigenvalue weighted by Gasteiger charge is -2.57. The average Bonchev–Trinajstić information content (AvgIpc) is 3.00. The molecule has 4 aliphatic rings. The normalized spacial score (nSPS) is 45.4. The molecule has 164 valence electrons. The summed E-state index contributed by atoms with van der Waals surface area (Å²) in [7, 11) is 0. The Balaban J connectivity index is 1.54. The summed E-state index contributed by atoms with van der Waals surface area (Å²) >= 11 is 0. The van der Waals surface area contributed by atoms with E-state index in [1.165, 1.54) is 50.5 Å². The van der Waals surface area contributed by atoms with Gasteiger partial charge in [0.1, 0.15) is 0 Å². The Kier molecular flexibility index (Phi) is 5.82. The van der Waals surface area contributed by atoms with Crippen LogP contribution in [-0.2, 0) is 4.79 Å². The maximum absolute atomic E-state index is 13.4. The van der Waals surface area contributed by atoms with E-state index in [9.17, 15) is 9.90 Å². The first-order valence-corrected chi connectivity index (χ1v) is 12.6. The van der Waals surface area contributed by atoms with Crippen molar-refractivity contribution >= 4 is 5.78 Å². The third kappa shape index (κ3) is 3.56. The zero-order valence-corrected chi connectivity index (χ0v) is 19.5. The molecule has 4 aliphatic carbocycles. The quantitative estimate of drug-likeness (QED) is 0.566. The molecular weight excluding hydrogens is 357 g/mol. The summed E-state index contributed by atoms with van der Waals surface area (Å²) < 4.78 is 0. The van der Waals surface area contributed by atoms with Gasteiger partial charge in [-0.3, -0.25) is 4.79 Å². The van der Waals surface area contributed by atoms with E-state index < -0.39 is 0 Å². The Morgan fingerprint density at radius 3 is 2.52 bits per heavy atom. The highest BCUT2D eigenvalue weighted by atomic mass is 17.2. The van der Waals surface area contributed by atoms with Gasteiger partial charge in [-0.2, -0.15) is 0 Å². The minimum atomic E-state index is -0.241. The lowest BCUT2D eigenvalue weighted by Crippen LogP contribution is -2.53. The Morgan fingerprint density at radius 1 is 1.03 bits per heavy atom. The van der Waals surface area contributed by atoms with Crippen LogP contribution in [0.15, 0.2) is 11.6 Å². The molecule has 0 radical (unpaired) electrons. The molecule has 2 nitrogen and oxygen atoms in total. The monoisotopic (exact) mass is 401 g/mol. The maximum atomic E-state index is 13.4. The number of hydrogen-bond donors (Lipinski definition) is 1. The van der Waals surface area contributed by atoms with Crippen LogP contribution in [0.3, 0.4) is 0 Å². The molecular formula is C27H44O2. The van der Waals surface area contributed by atoms with E-state index in [0.29, 0.717) is 23.0 Å². The molecule has 0 aromatic carbocycles. The van der Waals surface area contributed by atoms with Gasteiger partial charge in [0.05, 0.1) is 6.10 Å². The highest BCUT2D eigenvalue weighted by Crippen LogP contribution is 2.66. The SMILES string of the molecule is CC(C)CCC[C@@H](C)[C@H]1CC[C@H]2[C@@H]3C(=O)C=C4C[C@@H]([17OH])CC[C@]4(C)[C@H]3CC[C@]12C. The molecule has 0 heterocycles. The largest absolute Gasteiger partial charge is 0.393 e. The van der Waals surface area contributed by atoms with Gasteiger partial charge in [0.15, 0.2) is 5.78 Å². The van der Waals surface area contributed by atoms with Crippen LogP contribution in [0.5, 0.6) is 0 Å².